The van der Waals surface area contributed by atoms with Gasteiger partial charge in [-0.2, -0.15) is 4.57 Å². The number of pyridine rings is 1. The lowest BCUT2D eigenvalue weighted by Gasteiger charge is -2.40. The Hall–Kier alpha value is -4.18. The summed E-state index contributed by atoms with van der Waals surface area (Å²) in [5.41, 5.74) is 9.53. The van der Waals surface area contributed by atoms with Gasteiger partial charge in [-0.1, -0.05) is 81.8 Å². The number of para-hydroxylation sites is 1. The fourth-order valence-corrected chi connectivity index (χ4v) is 7.69. The summed E-state index contributed by atoms with van der Waals surface area (Å²) in [6.45, 7) is 16.9. The summed E-state index contributed by atoms with van der Waals surface area (Å²) in [7, 11) is 0. The maximum atomic E-state index is 6.64. The first-order chi connectivity index (χ1) is 21.8. The van der Waals surface area contributed by atoms with Crippen molar-refractivity contribution in [1.29, 1.82) is 0 Å². The molecule has 4 heteroatoms. The Morgan fingerprint density at radius 2 is 1.62 bits per heavy atom. The van der Waals surface area contributed by atoms with Gasteiger partial charge in [0.1, 0.15) is 23.5 Å². The molecule has 0 aliphatic rings. The highest BCUT2D eigenvalue weighted by molar-refractivity contribution is 6.10. The SMILES string of the molecule is CCC(C)C(CC)(CCC[n+]1ccccc1-c1c(C)ccc2c1oc1c(C)cccc12)c1ccccc1-c1nccn1C(C)C. The first-order valence-electron chi connectivity index (χ1n) is 16.8. The highest BCUT2D eigenvalue weighted by atomic mass is 16.3. The summed E-state index contributed by atoms with van der Waals surface area (Å²) < 4.78 is 11.4. The molecule has 0 aliphatic heterocycles. The Labute approximate surface area is 268 Å². The van der Waals surface area contributed by atoms with Crippen LogP contribution in [-0.2, 0) is 12.0 Å². The molecular weight excluding hydrogens is 550 g/mol. The van der Waals surface area contributed by atoms with Crippen LogP contribution in [0, 0.1) is 19.8 Å². The summed E-state index contributed by atoms with van der Waals surface area (Å²) in [5, 5.41) is 2.37. The first-order valence-corrected chi connectivity index (χ1v) is 16.8. The normalized spacial score (nSPS) is 14.0. The van der Waals surface area contributed by atoms with Crippen LogP contribution in [0.2, 0.25) is 0 Å². The number of aromatic nitrogens is 3. The number of hydrogen-bond acceptors (Lipinski definition) is 2. The van der Waals surface area contributed by atoms with Crippen molar-refractivity contribution in [2.24, 2.45) is 5.92 Å². The number of rotatable bonds is 11. The summed E-state index contributed by atoms with van der Waals surface area (Å²) in [6.07, 6.45) is 10.7. The van der Waals surface area contributed by atoms with E-state index >= 15 is 0 Å². The van der Waals surface area contributed by atoms with E-state index in [2.05, 4.69) is 143 Å². The van der Waals surface area contributed by atoms with Crippen LogP contribution >= 0.6 is 0 Å². The van der Waals surface area contributed by atoms with Crippen molar-refractivity contribution in [3.8, 4) is 22.6 Å². The fourth-order valence-electron chi connectivity index (χ4n) is 7.69. The van der Waals surface area contributed by atoms with E-state index < -0.39 is 0 Å². The molecule has 2 atom stereocenters. The van der Waals surface area contributed by atoms with Crippen LogP contribution in [0.25, 0.3) is 44.6 Å². The minimum atomic E-state index is 0.0425. The van der Waals surface area contributed by atoms with Crippen LogP contribution in [0.4, 0.5) is 0 Å². The van der Waals surface area contributed by atoms with Gasteiger partial charge in [0.15, 0.2) is 6.20 Å². The van der Waals surface area contributed by atoms with E-state index in [1.807, 2.05) is 6.20 Å². The first kappa shape index (κ1) is 30.8. The topological polar surface area (TPSA) is 34.8 Å². The standard InChI is InChI=1S/C41H48N3O/c1-8-31(7)41(9-2,35-19-11-10-17-34(35)40-42-24-27-44(40)28(3)4)23-15-26-43-25-13-12-20-36(43)37-29(5)21-22-33-32-18-14-16-30(6)38(32)45-39(33)37/h10-14,16-22,24-25,27-28,31H,8-9,15,23,26H2,1-7H3/q+1. The molecule has 2 unspecified atom stereocenters. The minimum absolute atomic E-state index is 0.0425. The summed E-state index contributed by atoms with van der Waals surface area (Å²) in [5.74, 6) is 1.60. The van der Waals surface area contributed by atoms with Crippen molar-refractivity contribution in [2.75, 3.05) is 0 Å². The lowest BCUT2D eigenvalue weighted by Crippen LogP contribution is -2.39. The Kier molecular flexibility index (Phi) is 8.68. The average molecular weight is 599 g/mol. The van der Waals surface area contributed by atoms with Crippen LogP contribution in [0.3, 0.4) is 0 Å². The van der Waals surface area contributed by atoms with Crippen LogP contribution in [0.15, 0.2) is 95.8 Å². The van der Waals surface area contributed by atoms with Crippen molar-refractivity contribution in [3.63, 3.8) is 0 Å². The third-order valence-corrected chi connectivity index (χ3v) is 10.4. The highest BCUT2D eigenvalue weighted by Gasteiger charge is 2.38. The number of aryl methyl sites for hydroxylation is 3. The van der Waals surface area contributed by atoms with Gasteiger partial charge in [0.2, 0.25) is 5.69 Å². The number of hydrogen-bond donors (Lipinski definition) is 0. The molecule has 6 aromatic rings. The molecule has 3 aromatic heterocycles. The van der Waals surface area contributed by atoms with E-state index in [0.717, 1.165) is 49.2 Å². The predicted octanol–water partition coefficient (Wildman–Crippen LogP) is 10.8. The molecule has 0 radical (unpaired) electrons. The zero-order chi connectivity index (χ0) is 31.7. The van der Waals surface area contributed by atoms with E-state index in [4.69, 9.17) is 9.40 Å². The smallest absolute Gasteiger partial charge is 0.216 e. The predicted molar refractivity (Wildman–Crippen MR) is 188 cm³/mol. The quantitative estimate of drug-likeness (QED) is 0.139. The second kappa shape index (κ2) is 12.7. The van der Waals surface area contributed by atoms with E-state index in [1.165, 1.54) is 44.3 Å². The molecule has 0 amide bonds. The molecule has 0 saturated carbocycles. The van der Waals surface area contributed by atoms with Crippen molar-refractivity contribution in [3.05, 3.63) is 108 Å². The van der Waals surface area contributed by atoms with Gasteiger partial charge in [-0.15, -0.1) is 0 Å². The average Bonchev–Trinajstić information content (AvgIpc) is 3.70. The van der Waals surface area contributed by atoms with Crippen LogP contribution in [0.5, 0.6) is 0 Å². The Morgan fingerprint density at radius 3 is 2.40 bits per heavy atom. The number of benzene rings is 3. The molecule has 0 bridgehead atoms. The molecule has 232 valence electrons. The molecule has 0 aliphatic carbocycles. The van der Waals surface area contributed by atoms with Crippen molar-refractivity contribution in [2.45, 2.75) is 92.2 Å². The molecule has 45 heavy (non-hydrogen) atoms. The lowest BCUT2D eigenvalue weighted by molar-refractivity contribution is -0.686. The number of furan rings is 1. The Morgan fingerprint density at radius 1 is 0.844 bits per heavy atom. The van der Waals surface area contributed by atoms with Crippen molar-refractivity contribution in [1.82, 2.24) is 9.55 Å². The minimum Gasteiger partial charge on any atom is -0.455 e. The zero-order valence-electron chi connectivity index (χ0n) is 28.1. The number of nitrogens with zero attached hydrogens (tertiary/aromatic N) is 3. The molecule has 6 rings (SSSR count). The fraction of sp³-hybridized carbons (Fsp3) is 0.366. The van der Waals surface area contributed by atoms with Gasteiger partial charge in [-0.05, 0) is 74.6 Å². The molecule has 3 heterocycles. The van der Waals surface area contributed by atoms with Crippen LogP contribution in [-0.4, -0.2) is 9.55 Å². The van der Waals surface area contributed by atoms with Crippen molar-refractivity contribution >= 4 is 21.9 Å². The molecule has 0 spiro atoms. The Bertz CT molecular complexity index is 1940. The van der Waals surface area contributed by atoms with Crippen LogP contribution in [0.1, 0.15) is 83.0 Å². The largest absolute Gasteiger partial charge is 0.455 e. The highest BCUT2D eigenvalue weighted by Crippen LogP contribution is 2.46. The molecule has 4 nitrogen and oxygen atoms in total. The van der Waals surface area contributed by atoms with Gasteiger partial charge in [0.05, 0.1) is 5.56 Å². The Balaban J connectivity index is 1.38. The van der Waals surface area contributed by atoms with E-state index in [-0.39, 0.29) is 5.41 Å². The molecule has 0 fully saturated rings. The second-order valence-electron chi connectivity index (χ2n) is 13.2. The molecule has 0 saturated heterocycles. The van der Waals surface area contributed by atoms with Gasteiger partial charge in [0.25, 0.3) is 0 Å². The van der Waals surface area contributed by atoms with E-state index in [0.29, 0.717) is 12.0 Å². The molecule has 3 aromatic carbocycles. The van der Waals surface area contributed by atoms with E-state index in [9.17, 15) is 0 Å². The second-order valence-corrected chi connectivity index (χ2v) is 13.2. The van der Waals surface area contributed by atoms with E-state index in [1.54, 1.807) is 0 Å². The summed E-state index contributed by atoms with van der Waals surface area (Å²) in [6, 6.07) is 26.9. The third kappa shape index (κ3) is 5.39. The zero-order valence-corrected chi connectivity index (χ0v) is 28.1. The summed E-state index contributed by atoms with van der Waals surface area (Å²) in [4.78, 5) is 4.88. The number of fused-ring (bicyclic) bond motifs is 3. The van der Waals surface area contributed by atoms with Crippen LogP contribution < -0.4 is 4.57 Å². The van der Waals surface area contributed by atoms with Gasteiger partial charge < -0.3 is 8.98 Å². The van der Waals surface area contributed by atoms with Gasteiger partial charge in [-0.25, -0.2) is 4.98 Å². The summed E-state index contributed by atoms with van der Waals surface area (Å²) >= 11 is 0. The maximum Gasteiger partial charge on any atom is 0.216 e. The van der Waals surface area contributed by atoms with Gasteiger partial charge in [0, 0.05) is 53.3 Å². The number of imidazole rings is 1. The maximum absolute atomic E-state index is 6.64. The van der Waals surface area contributed by atoms with Crippen molar-refractivity contribution < 1.29 is 8.98 Å². The molecular formula is C41H48N3O+. The molecule has 0 N–H and O–H groups in total. The van der Waals surface area contributed by atoms with Gasteiger partial charge in [-0.3, -0.25) is 0 Å². The lowest BCUT2D eigenvalue weighted by atomic mass is 9.64. The van der Waals surface area contributed by atoms with Gasteiger partial charge >= 0.3 is 0 Å². The monoisotopic (exact) mass is 598 g/mol. The third-order valence-electron chi connectivity index (χ3n) is 10.4.